The van der Waals surface area contributed by atoms with Crippen LogP contribution in [0.5, 0.6) is 0 Å². The molecule has 0 unspecified atom stereocenters. The largest absolute Gasteiger partial charge is 0.377 e. The Morgan fingerprint density at radius 1 is 1.13 bits per heavy atom. The minimum Gasteiger partial charge on any atom is -0.377 e. The fourth-order valence-electron chi connectivity index (χ4n) is 3.91. The van der Waals surface area contributed by atoms with E-state index in [2.05, 4.69) is 40.6 Å². The van der Waals surface area contributed by atoms with Crippen molar-refractivity contribution in [1.82, 2.24) is 14.4 Å². The Hall–Kier alpha value is -3.03. The van der Waals surface area contributed by atoms with Crippen LogP contribution in [-0.2, 0) is 11.2 Å². The van der Waals surface area contributed by atoms with Gasteiger partial charge in [-0.1, -0.05) is 13.0 Å². The van der Waals surface area contributed by atoms with Crippen molar-refractivity contribution in [2.75, 3.05) is 25.2 Å². The zero-order chi connectivity index (χ0) is 21.4. The third-order valence-electron chi connectivity index (χ3n) is 5.57. The summed E-state index contributed by atoms with van der Waals surface area (Å²) in [7, 11) is 2.02. The fourth-order valence-corrected chi connectivity index (χ4v) is 4.72. The summed E-state index contributed by atoms with van der Waals surface area (Å²) < 4.78 is 20.9. The number of imidazole rings is 1. The highest BCUT2D eigenvalue weighted by molar-refractivity contribution is 7.14. The molecule has 0 saturated carbocycles. The summed E-state index contributed by atoms with van der Waals surface area (Å²) in [4.78, 5) is 11.8. The third kappa shape index (κ3) is 3.75. The predicted octanol–water partition coefficient (Wildman–Crippen LogP) is 5.73. The first kappa shape index (κ1) is 19.9. The number of ether oxygens (including phenoxy) is 1. The van der Waals surface area contributed by atoms with Crippen molar-refractivity contribution in [2.45, 2.75) is 19.8 Å². The average Bonchev–Trinajstić information content (AvgIpc) is 3.44. The van der Waals surface area contributed by atoms with Crippen molar-refractivity contribution in [3.05, 3.63) is 71.1 Å². The van der Waals surface area contributed by atoms with Gasteiger partial charge >= 0.3 is 0 Å². The number of rotatable bonds is 5. The van der Waals surface area contributed by atoms with E-state index < -0.39 is 0 Å². The second-order valence-corrected chi connectivity index (χ2v) is 8.35. The summed E-state index contributed by atoms with van der Waals surface area (Å²) in [5.74, 6) is 0.775. The van der Waals surface area contributed by atoms with Crippen LogP contribution in [0.1, 0.15) is 24.6 Å². The van der Waals surface area contributed by atoms with Gasteiger partial charge in [-0.2, -0.15) is 0 Å². The summed E-state index contributed by atoms with van der Waals surface area (Å²) in [6.45, 7) is 3.54. The molecule has 4 aromatic rings. The lowest BCUT2D eigenvalue weighted by atomic mass is 10.0. The number of aryl methyl sites for hydroxylation is 1. The normalized spacial score (nSPS) is 14.1. The molecular weight excluding hydrogens is 411 g/mol. The second kappa shape index (κ2) is 8.24. The molecule has 0 saturated heterocycles. The highest BCUT2D eigenvalue weighted by Crippen LogP contribution is 2.34. The molecular formula is C24H23FN4OS. The molecule has 1 aliphatic heterocycles. The molecule has 0 spiro atoms. The molecule has 31 heavy (non-hydrogen) atoms. The van der Waals surface area contributed by atoms with Gasteiger partial charge in [0.05, 0.1) is 24.6 Å². The Morgan fingerprint density at radius 2 is 1.94 bits per heavy atom. The zero-order valence-electron chi connectivity index (χ0n) is 17.5. The zero-order valence-corrected chi connectivity index (χ0v) is 18.3. The Balaban J connectivity index is 1.55. The molecule has 0 bridgehead atoms. The number of fused-ring (bicyclic) bond motifs is 1. The van der Waals surface area contributed by atoms with Crippen molar-refractivity contribution < 1.29 is 9.13 Å². The van der Waals surface area contributed by atoms with Crippen LogP contribution in [0, 0.1) is 5.82 Å². The number of pyridine rings is 1. The highest BCUT2D eigenvalue weighted by Gasteiger charge is 2.20. The molecule has 5 rings (SSSR count). The minimum absolute atomic E-state index is 0.245. The SMILES string of the molecule is CCc1nc2ccc(C3=CCOCC3)cn2c1N(C)c1nc(-c2ccc(F)cc2)cs1. The number of hydrogen-bond acceptors (Lipinski definition) is 5. The van der Waals surface area contributed by atoms with Gasteiger partial charge in [0.2, 0.25) is 0 Å². The number of hydrogen-bond donors (Lipinski definition) is 0. The van der Waals surface area contributed by atoms with E-state index in [0.717, 1.165) is 53.0 Å². The Morgan fingerprint density at radius 3 is 2.68 bits per heavy atom. The quantitative estimate of drug-likeness (QED) is 0.402. The lowest BCUT2D eigenvalue weighted by Crippen LogP contribution is -2.13. The molecule has 0 aliphatic carbocycles. The molecule has 3 aromatic heterocycles. The van der Waals surface area contributed by atoms with Gasteiger partial charge in [0, 0.05) is 24.2 Å². The van der Waals surface area contributed by atoms with Gasteiger partial charge in [-0.25, -0.2) is 14.4 Å². The van der Waals surface area contributed by atoms with Gasteiger partial charge in [0.25, 0.3) is 0 Å². The third-order valence-corrected chi connectivity index (χ3v) is 6.49. The molecule has 1 aliphatic rings. The van der Waals surface area contributed by atoms with E-state index in [1.807, 2.05) is 12.4 Å². The van der Waals surface area contributed by atoms with Gasteiger partial charge in [-0.15, -0.1) is 11.3 Å². The first-order chi connectivity index (χ1) is 15.1. The van der Waals surface area contributed by atoms with Gasteiger partial charge in [-0.3, -0.25) is 4.40 Å². The van der Waals surface area contributed by atoms with Gasteiger partial charge < -0.3 is 9.64 Å². The van der Waals surface area contributed by atoms with Crippen LogP contribution in [0.15, 0.2) is 54.1 Å². The second-order valence-electron chi connectivity index (χ2n) is 7.52. The first-order valence-electron chi connectivity index (χ1n) is 10.4. The maximum Gasteiger partial charge on any atom is 0.191 e. The van der Waals surface area contributed by atoms with E-state index in [9.17, 15) is 4.39 Å². The van der Waals surface area contributed by atoms with Crippen LogP contribution in [0.2, 0.25) is 0 Å². The monoisotopic (exact) mass is 434 g/mol. The van der Waals surface area contributed by atoms with Crippen LogP contribution >= 0.6 is 11.3 Å². The molecule has 0 atom stereocenters. The number of anilines is 2. The Kier molecular flexibility index (Phi) is 5.29. The molecule has 0 N–H and O–H groups in total. The van der Waals surface area contributed by atoms with E-state index in [4.69, 9.17) is 14.7 Å². The summed E-state index contributed by atoms with van der Waals surface area (Å²) in [6.07, 6.45) is 6.06. The number of nitrogens with zero attached hydrogens (tertiary/aromatic N) is 4. The highest BCUT2D eigenvalue weighted by atomic mass is 32.1. The molecule has 0 fully saturated rings. The lowest BCUT2D eigenvalue weighted by Gasteiger charge is -2.18. The standard InChI is InChI=1S/C24H23FN4OS/c1-3-20-23(28(2)24-27-21(15-31-24)17-4-7-19(25)8-5-17)29-14-18(6-9-22(29)26-20)16-10-12-30-13-11-16/h4-10,14-15H,3,11-13H2,1-2H3. The number of aromatic nitrogens is 3. The predicted molar refractivity (Wildman–Crippen MR) is 124 cm³/mol. The van der Waals surface area contributed by atoms with Crippen molar-refractivity contribution in [1.29, 1.82) is 0 Å². The average molecular weight is 435 g/mol. The van der Waals surface area contributed by atoms with Crippen LogP contribution in [0.4, 0.5) is 15.3 Å². The molecule has 4 heterocycles. The van der Waals surface area contributed by atoms with E-state index in [0.29, 0.717) is 6.61 Å². The van der Waals surface area contributed by atoms with Crippen LogP contribution in [-0.4, -0.2) is 34.6 Å². The van der Waals surface area contributed by atoms with Crippen molar-refractivity contribution in [3.63, 3.8) is 0 Å². The summed E-state index contributed by atoms with van der Waals surface area (Å²) in [6, 6.07) is 10.7. The van der Waals surface area contributed by atoms with Gasteiger partial charge in [0.15, 0.2) is 5.13 Å². The molecule has 158 valence electrons. The maximum absolute atomic E-state index is 13.3. The van der Waals surface area contributed by atoms with Gasteiger partial charge in [-0.05, 0) is 60.4 Å². The smallest absolute Gasteiger partial charge is 0.191 e. The van der Waals surface area contributed by atoms with Crippen LogP contribution in [0.3, 0.4) is 0 Å². The van der Waals surface area contributed by atoms with Crippen molar-refractivity contribution in [2.24, 2.45) is 0 Å². The lowest BCUT2D eigenvalue weighted by molar-refractivity contribution is 0.161. The summed E-state index contributed by atoms with van der Waals surface area (Å²) >= 11 is 1.57. The molecule has 5 nitrogen and oxygen atoms in total. The molecule has 7 heteroatoms. The van der Waals surface area contributed by atoms with Crippen LogP contribution < -0.4 is 4.90 Å². The Labute approximate surface area is 184 Å². The fraction of sp³-hybridized carbons (Fsp3) is 0.250. The van der Waals surface area contributed by atoms with Gasteiger partial charge in [0.1, 0.15) is 17.3 Å². The summed E-state index contributed by atoms with van der Waals surface area (Å²) in [5, 5.41) is 2.87. The number of thiazole rings is 1. The Bertz CT molecular complexity index is 1260. The number of halogens is 1. The van der Waals surface area contributed by atoms with E-state index >= 15 is 0 Å². The van der Waals surface area contributed by atoms with E-state index in [1.165, 1.54) is 23.3 Å². The maximum atomic E-state index is 13.3. The van der Waals surface area contributed by atoms with E-state index in [-0.39, 0.29) is 5.82 Å². The van der Waals surface area contributed by atoms with Crippen molar-refractivity contribution in [3.8, 4) is 11.3 Å². The molecule has 0 radical (unpaired) electrons. The van der Waals surface area contributed by atoms with E-state index in [1.54, 1.807) is 23.5 Å². The first-order valence-corrected chi connectivity index (χ1v) is 11.3. The minimum atomic E-state index is -0.245. The van der Waals surface area contributed by atoms with Crippen LogP contribution in [0.25, 0.3) is 22.5 Å². The molecule has 0 amide bonds. The number of benzene rings is 1. The topological polar surface area (TPSA) is 42.7 Å². The molecule has 1 aromatic carbocycles. The van der Waals surface area contributed by atoms with Crippen molar-refractivity contribution >= 4 is 33.5 Å². The summed E-state index contributed by atoms with van der Waals surface area (Å²) in [5.41, 5.74) is 6.19.